The average molecular weight is 382 g/mol. The molecule has 1 aromatic carbocycles. The second-order valence-electron chi connectivity index (χ2n) is 6.76. The predicted molar refractivity (Wildman–Crippen MR) is 102 cm³/mol. The van der Waals surface area contributed by atoms with E-state index >= 15 is 0 Å². The largest absolute Gasteiger partial charge is 0.387 e. The highest BCUT2D eigenvalue weighted by atomic mass is 16.3. The van der Waals surface area contributed by atoms with E-state index in [1.807, 2.05) is 30.3 Å². The van der Waals surface area contributed by atoms with Crippen LogP contribution in [0.1, 0.15) is 29.6 Å². The lowest BCUT2D eigenvalue weighted by molar-refractivity contribution is -0.135. The lowest BCUT2D eigenvalue weighted by Crippen LogP contribution is -2.56. The van der Waals surface area contributed by atoms with Crippen molar-refractivity contribution in [2.24, 2.45) is 0 Å². The molecule has 2 amide bonds. The van der Waals surface area contributed by atoms with E-state index in [2.05, 4.69) is 26.9 Å². The number of hydrogen-bond acceptors (Lipinski definition) is 6. The summed E-state index contributed by atoms with van der Waals surface area (Å²) in [4.78, 5) is 26.1. The number of amides is 2. The van der Waals surface area contributed by atoms with Crippen molar-refractivity contribution < 1.29 is 14.7 Å². The van der Waals surface area contributed by atoms with Crippen LogP contribution < -0.4 is 10.6 Å². The Kier molecular flexibility index (Phi) is 5.91. The quantitative estimate of drug-likeness (QED) is 0.592. The van der Waals surface area contributed by atoms with Crippen molar-refractivity contribution in [1.82, 2.24) is 20.4 Å². The van der Waals surface area contributed by atoms with Crippen molar-refractivity contribution >= 4 is 23.3 Å². The van der Waals surface area contributed by atoms with E-state index in [1.54, 1.807) is 4.90 Å². The highest BCUT2D eigenvalue weighted by Crippen LogP contribution is 2.27. The van der Waals surface area contributed by atoms with Gasteiger partial charge in [-0.15, -0.1) is 0 Å². The molecule has 4 N–H and O–H groups in total. The first-order chi connectivity index (χ1) is 13.6. The maximum atomic E-state index is 12.9. The number of piperidine rings is 1. The van der Waals surface area contributed by atoms with Crippen LogP contribution >= 0.6 is 0 Å². The standard InChI is InChI=1S/C19H22N6O3/c20-9-6-19(7-10-25(11-8-19)16(27)13-26)23-18(28)15-12-21-24-17(15)22-14-4-2-1-3-5-14/h1-5,12,26H,6-8,10-11,13H2,(H,23,28)(H2,21,22,24). The van der Waals surface area contributed by atoms with Crippen LogP contribution in [0.2, 0.25) is 0 Å². The van der Waals surface area contributed by atoms with Crippen molar-refractivity contribution in [2.75, 3.05) is 25.0 Å². The lowest BCUT2D eigenvalue weighted by atomic mass is 9.84. The number of carbonyl (C=O) groups excluding carboxylic acids is 2. The number of nitrogens with zero attached hydrogens (tertiary/aromatic N) is 3. The van der Waals surface area contributed by atoms with Crippen molar-refractivity contribution in [1.29, 1.82) is 5.26 Å². The van der Waals surface area contributed by atoms with Gasteiger partial charge >= 0.3 is 0 Å². The topological polar surface area (TPSA) is 134 Å². The first-order valence-corrected chi connectivity index (χ1v) is 9.00. The highest BCUT2D eigenvalue weighted by molar-refractivity contribution is 5.99. The van der Waals surface area contributed by atoms with Crippen molar-refractivity contribution in [3.63, 3.8) is 0 Å². The smallest absolute Gasteiger partial charge is 0.257 e. The SMILES string of the molecule is N#CCC1(NC(=O)c2cn[nH]c2Nc2ccccc2)CCN(C(=O)CO)CC1. The van der Waals surface area contributed by atoms with E-state index in [9.17, 15) is 14.9 Å². The van der Waals surface area contributed by atoms with Crippen LogP contribution in [0.5, 0.6) is 0 Å². The molecule has 2 aromatic rings. The van der Waals surface area contributed by atoms with Gasteiger partial charge in [-0.05, 0) is 25.0 Å². The molecule has 3 rings (SSSR count). The summed E-state index contributed by atoms with van der Waals surface area (Å²) in [5, 5.41) is 31.1. The van der Waals surface area contributed by atoms with Crippen LogP contribution in [0.15, 0.2) is 36.5 Å². The monoisotopic (exact) mass is 382 g/mol. The van der Waals surface area contributed by atoms with E-state index in [0.717, 1.165) is 5.69 Å². The third-order valence-electron chi connectivity index (χ3n) is 4.93. The van der Waals surface area contributed by atoms with E-state index in [-0.39, 0.29) is 18.2 Å². The van der Waals surface area contributed by atoms with Crippen LogP contribution in [0.4, 0.5) is 11.5 Å². The Balaban J connectivity index is 1.71. The van der Waals surface area contributed by atoms with Gasteiger partial charge in [-0.2, -0.15) is 10.4 Å². The summed E-state index contributed by atoms with van der Waals surface area (Å²) < 4.78 is 0. The number of nitriles is 1. The molecule has 1 aromatic heterocycles. The minimum Gasteiger partial charge on any atom is -0.387 e. The van der Waals surface area contributed by atoms with Gasteiger partial charge in [0.15, 0.2) is 0 Å². The fourth-order valence-corrected chi connectivity index (χ4v) is 3.31. The van der Waals surface area contributed by atoms with E-state index in [0.29, 0.717) is 37.3 Å². The van der Waals surface area contributed by atoms with Gasteiger partial charge in [0.2, 0.25) is 5.91 Å². The summed E-state index contributed by atoms with van der Waals surface area (Å²) in [5.74, 6) is -0.228. The third-order valence-corrected chi connectivity index (χ3v) is 4.93. The van der Waals surface area contributed by atoms with Gasteiger partial charge in [-0.1, -0.05) is 18.2 Å². The zero-order valence-corrected chi connectivity index (χ0v) is 15.3. The molecule has 0 unspecified atom stereocenters. The molecule has 1 aliphatic heterocycles. The first kappa shape index (κ1) is 19.4. The molecule has 28 heavy (non-hydrogen) atoms. The number of benzene rings is 1. The maximum absolute atomic E-state index is 12.9. The minimum absolute atomic E-state index is 0.138. The summed E-state index contributed by atoms with van der Waals surface area (Å²) in [6.07, 6.45) is 2.46. The number of aliphatic hydroxyl groups excluding tert-OH is 1. The number of aromatic nitrogens is 2. The Morgan fingerprint density at radius 2 is 2.00 bits per heavy atom. The molecular formula is C19H22N6O3. The van der Waals surface area contributed by atoms with Crippen LogP contribution in [0, 0.1) is 11.3 Å². The Hall–Kier alpha value is -3.38. The Bertz CT molecular complexity index is 865. The molecule has 9 nitrogen and oxygen atoms in total. The Labute approximate surface area is 162 Å². The van der Waals surface area contributed by atoms with Crippen LogP contribution in [-0.2, 0) is 4.79 Å². The van der Waals surface area contributed by atoms with Gasteiger partial charge in [0.25, 0.3) is 5.91 Å². The van der Waals surface area contributed by atoms with Gasteiger partial charge < -0.3 is 20.6 Å². The molecular weight excluding hydrogens is 360 g/mol. The molecule has 9 heteroatoms. The molecule has 1 saturated heterocycles. The Morgan fingerprint density at radius 1 is 1.29 bits per heavy atom. The number of likely N-dealkylation sites (tertiary alicyclic amines) is 1. The normalized spacial score (nSPS) is 15.5. The number of aliphatic hydroxyl groups is 1. The zero-order valence-electron chi connectivity index (χ0n) is 15.3. The lowest BCUT2D eigenvalue weighted by Gasteiger charge is -2.41. The van der Waals surface area contributed by atoms with Gasteiger partial charge in [-0.3, -0.25) is 14.7 Å². The fourth-order valence-electron chi connectivity index (χ4n) is 3.31. The molecule has 0 aliphatic carbocycles. The molecule has 0 atom stereocenters. The van der Waals surface area contributed by atoms with Gasteiger partial charge in [0.05, 0.1) is 24.2 Å². The van der Waals surface area contributed by atoms with Crippen LogP contribution in [0.3, 0.4) is 0 Å². The van der Waals surface area contributed by atoms with Crippen molar-refractivity contribution in [3.8, 4) is 6.07 Å². The summed E-state index contributed by atoms with van der Waals surface area (Å²) in [5.41, 5.74) is 0.428. The fraction of sp³-hybridized carbons (Fsp3) is 0.368. The molecule has 0 bridgehead atoms. The minimum atomic E-state index is -0.723. The van der Waals surface area contributed by atoms with Crippen molar-refractivity contribution in [2.45, 2.75) is 24.8 Å². The van der Waals surface area contributed by atoms with E-state index in [1.165, 1.54) is 6.20 Å². The summed E-state index contributed by atoms with van der Waals surface area (Å²) in [7, 11) is 0. The van der Waals surface area contributed by atoms with Gasteiger partial charge in [0.1, 0.15) is 18.0 Å². The summed E-state index contributed by atoms with van der Waals surface area (Å²) in [6, 6.07) is 11.5. The van der Waals surface area contributed by atoms with Gasteiger partial charge in [0, 0.05) is 18.8 Å². The number of hydrogen-bond donors (Lipinski definition) is 4. The average Bonchev–Trinajstić information content (AvgIpc) is 3.17. The number of H-pyrrole nitrogens is 1. The zero-order chi connectivity index (χ0) is 20.0. The number of para-hydroxylation sites is 1. The number of anilines is 2. The Morgan fingerprint density at radius 3 is 2.64 bits per heavy atom. The molecule has 0 spiro atoms. The number of carbonyl (C=O) groups is 2. The maximum Gasteiger partial charge on any atom is 0.257 e. The molecule has 0 radical (unpaired) electrons. The second kappa shape index (κ2) is 8.54. The molecule has 2 heterocycles. The first-order valence-electron chi connectivity index (χ1n) is 9.00. The second-order valence-corrected chi connectivity index (χ2v) is 6.76. The molecule has 146 valence electrons. The molecule has 0 saturated carbocycles. The van der Waals surface area contributed by atoms with E-state index < -0.39 is 12.1 Å². The molecule has 1 fully saturated rings. The van der Waals surface area contributed by atoms with Crippen LogP contribution in [-0.4, -0.2) is 57.3 Å². The van der Waals surface area contributed by atoms with Crippen LogP contribution in [0.25, 0.3) is 0 Å². The summed E-state index contributed by atoms with van der Waals surface area (Å²) >= 11 is 0. The number of rotatable bonds is 6. The molecule has 1 aliphatic rings. The number of nitrogens with one attached hydrogen (secondary N) is 3. The predicted octanol–water partition coefficient (Wildman–Crippen LogP) is 1.15. The summed E-state index contributed by atoms with van der Waals surface area (Å²) in [6.45, 7) is 0.213. The van der Waals surface area contributed by atoms with Gasteiger partial charge in [-0.25, -0.2) is 0 Å². The van der Waals surface area contributed by atoms with E-state index in [4.69, 9.17) is 5.11 Å². The number of aromatic amines is 1. The highest BCUT2D eigenvalue weighted by Gasteiger charge is 2.37. The third kappa shape index (κ3) is 4.29. The van der Waals surface area contributed by atoms with Crippen molar-refractivity contribution in [3.05, 3.63) is 42.1 Å².